The predicted molar refractivity (Wildman–Crippen MR) is 98.3 cm³/mol. The summed E-state index contributed by atoms with van der Waals surface area (Å²) >= 11 is 0. The number of hydrogen-bond donors (Lipinski definition) is 2. The molecule has 1 saturated heterocycles. The molecule has 0 spiro atoms. The van der Waals surface area contributed by atoms with E-state index < -0.39 is 18.0 Å². The van der Waals surface area contributed by atoms with Gasteiger partial charge >= 0.3 is 6.36 Å². The fourth-order valence-corrected chi connectivity index (χ4v) is 4.14. The summed E-state index contributed by atoms with van der Waals surface area (Å²) in [5.41, 5.74) is 0.897. The molecule has 1 aromatic heterocycles. The highest BCUT2D eigenvalue weighted by molar-refractivity contribution is 5.94. The van der Waals surface area contributed by atoms with Gasteiger partial charge in [-0.2, -0.15) is 0 Å². The average Bonchev–Trinajstić information content (AvgIpc) is 3.10. The van der Waals surface area contributed by atoms with Crippen LogP contribution in [0.5, 0.6) is 5.75 Å². The van der Waals surface area contributed by atoms with Crippen LogP contribution >= 0.6 is 0 Å². The van der Waals surface area contributed by atoms with E-state index in [-0.39, 0.29) is 11.1 Å². The third-order valence-electron chi connectivity index (χ3n) is 5.50. The van der Waals surface area contributed by atoms with Gasteiger partial charge in [0.1, 0.15) is 5.75 Å². The molecule has 1 aromatic carbocycles. The molecule has 29 heavy (non-hydrogen) atoms. The molecule has 6 nitrogen and oxygen atoms in total. The fourth-order valence-electron chi connectivity index (χ4n) is 4.14. The van der Waals surface area contributed by atoms with Gasteiger partial charge in [0, 0.05) is 43.5 Å². The zero-order valence-corrected chi connectivity index (χ0v) is 15.4. The van der Waals surface area contributed by atoms with E-state index in [1.165, 1.54) is 18.2 Å². The number of ether oxygens (including phenoxy) is 1. The molecule has 2 heterocycles. The molecule has 2 atom stereocenters. The molecule has 0 bridgehead atoms. The molecule has 1 aliphatic carbocycles. The number of carbonyl (C=O) groups excluding carboxylic acids is 1. The number of hydrogen-bond acceptors (Lipinski definition) is 4. The minimum absolute atomic E-state index is 0.114. The molecule has 2 aromatic rings. The second-order valence-electron chi connectivity index (χ2n) is 7.51. The normalized spacial score (nSPS) is 23.5. The van der Waals surface area contributed by atoms with Crippen molar-refractivity contribution in [2.45, 2.75) is 12.9 Å². The number of piperidine rings is 1. The Morgan fingerprint density at radius 1 is 1.17 bits per heavy atom. The lowest BCUT2D eigenvalue weighted by Gasteiger charge is -2.19. The zero-order chi connectivity index (χ0) is 20.6. The van der Waals surface area contributed by atoms with Gasteiger partial charge in [-0.15, -0.1) is 13.2 Å². The standard InChI is InChI=1S/C20H20F3N3O3/c21-20(22,23)29-14-5-1-3-12(7-14)19(28)24-8-15-16-10-26(11-17(15)16)9-13-4-2-6-18(27)25-13/h1-7,15-17H,8-11H2,(H,24,28)(H,25,27). The van der Waals surface area contributed by atoms with E-state index in [0.29, 0.717) is 30.8 Å². The maximum absolute atomic E-state index is 12.3. The number of fused-ring (bicyclic) bond motifs is 1. The van der Waals surface area contributed by atoms with Crippen molar-refractivity contribution in [1.82, 2.24) is 15.2 Å². The molecule has 1 amide bonds. The number of nitrogens with one attached hydrogen (secondary N) is 2. The van der Waals surface area contributed by atoms with E-state index in [4.69, 9.17) is 0 Å². The molecule has 0 radical (unpaired) electrons. The summed E-state index contributed by atoms with van der Waals surface area (Å²) < 4.78 is 40.8. The number of H-pyrrole nitrogens is 1. The minimum atomic E-state index is -4.79. The van der Waals surface area contributed by atoms with Crippen molar-refractivity contribution in [2.75, 3.05) is 19.6 Å². The topological polar surface area (TPSA) is 74.4 Å². The van der Waals surface area contributed by atoms with Crippen LogP contribution in [0, 0.1) is 17.8 Å². The van der Waals surface area contributed by atoms with E-state index in [2.05, 4.69) is 19.9 Å². The van der Waals surface area contributed by atoms with Gasteiger partial charge in [0.05, 0.1) is 0 Å². The predicted octanol–water partition coefficient (Wildman–Crippen LogP) is 2.38. The summed E-state index contributed by atoms with van der Waals surface area (Å²) in [6, 6.07) is 10.2. The molecular weight excluding hydrogens is 387 g/mol. The van der Waals surface area contributed by atoms with E-state index in [0.717, 1.165) is 30.9 Å². The lowest BCUT2D eigenvalue weighted by atomic mass is 10.2. The summed E-state index contributed by atoms with van der Waals surface area (Å²) in [5, 5.41) is 2.81. The SMILES string of the molecule is O=C(NCC1C2CN(Cc3cccc(=O)[nH]3)CC12)c1cccc(OC(F)(F)F)c1. The van der Waals surface area contributed by atoms with Gasteiger partial charge in [0.15, 0.2) is 0 Å². The van der Waals surface area contributed by atoms with E-state index >= 15 is 0 Å². The van der Waals surface area contributed by atoms with Crippen molar-refractivity contribution in [3.05, 3.63) is 64.1 Å². The largest absolute Gasteiger partial charge is 0.573 e. The average molecular weight is 407 g/mol. The van der Waals surface area contributed by atoms with Crippen LogP contribution in [0.25, 0.3) is 0 Å². The van der Waals surface area contributed by atoms with Crippen LogP contribution in [0.3, 0.4) is 0 Å². The Morgan fingerprint density at radius 3 is 2.59 bits per heavy atom. The first-order valence-corrected chi connectivity index (χ1v) is 9.33. The maximum Gasteiger partial charge on any atom is 0.573 e. The summed E-state index contributed by atoms with van der Waals surface area (Å²) in [5.74, 6) is 0.528. The summed E-state index contributed by atoms with van der Waals surface area (Å²) in [6.45, 7) is 2.98. The molecule has 1 saturated carbocycles. The molecule has 1 aliphatic heterocycles. The smallest absolute Gasteiger partial charge is 0.406 e. The number of alkyl halides is 3. The Balaban J connectivity index is 1.24. The Bertz CT molecular complexity index is 947. The van der Waals surface area contributed by atoms with Gasteiger partial charge in [-0.3, -0.25) is 14.5 Å². The van der Waals surface area contributed by atoms with Crippen molar-refractivity contribution in [2.24, 2.45) is 17.8 Å². The van der Waals surface area contributed by atoms with Crippen LogP contribution < -0.4 is 15.6 Å². The van der Waals surface area contributed by atoms with E-state index in [9.17, 15) is 22.8 Å². The number of carbonyl (C=O) groups is 1. The van der Waals surface area contributed by atoms with Crippen molar-refractivity contribution in [3.8, 4) is 5.75 Å². The number of nitrogens with zero attached hydrogens (tertiary/aromatic N) is 1. The first kappa shape index (κ1) is 19.5. The van der Waals surface area contributed by atoms with Crippen molar-refractivity contribution >= 4 is 5.91 Å². The quantitative estimate of drug-likeness (QED) is 0.771. The van der Waals surface area contributed by atoms with Crippen LogP contribution in [0.15, 0.2) is 47.3 Å². The summed E-state index contributed by atoms with van der Waals surface area (Å²) in [4.78, 5) is 28.7. The van der Waals surface area contributed by atoms with E-state index in [1.54, 1.807) is 6.07 Å². The number of benzene rings is 1. The van der Waals surface area contributed by atoms with Gasteiger partial charge in [0.25, 0.3) is 5.91 Å². The lowest BCUT2D eigenvalue weighted by Crippen LogP contribution is -2.31. The second kappa shape index (κ2) is 7.55. The Kier molecular flexibility index (Phi) is 5.08. The van der Waals surface area contributed by atoms with E-state index in [1.807, 2.05) is 6.07 Å². The number of pyridine rings is 1. The molecule has 4 rings (SSSR count). The number of aromatic nitrogens is 1. The highest BCUT2D eigenvalue weighted by Gasteiger charge is 2.55. The van der Waals surface area contributed by atoms with Crippen molar-refractivity contribution in [3.63, 3.8) is 0 Å². The maximum atomic E-state index is 12.3. The number of amides is 1. The van der Waals surface area contributed by atoms with Crippen LogP contribution in [0.2, 0.25) is 0 Å². The molecular formula is C20H20F3N3O3. The Labute approximate surface area is 164 Å². The lowest BCUT2D eigenvalue weighted by molar-refractivity contribution is -0.274. The molecule has 2 unspecified atom stereocenters. The molecule has 154 valence electrons. The highest BCUT2D eigenvalue weighted by atomic mass is 19.4. The molecule has 2 N–H and O–H groups in total. The van der Waals surface area contributed by atoms with Crippen LogP contribution in [-0.4, -0.2) is 41.8 Å². The van der Waals surface area contributed by atoms with Gasteiger partial charge < -0.3 is 15.0 Å². The van der Waals surface area contributed by atoms with Crippen LogP contribution in [0.4, 0.5) is 13.2 Å². The first-order valence-electron chi connectivity index (χ1n) is 9.33. The third-order valence-corrected chi connectivity index (χ3v) is 5.50. The van der Waals surface area contributed by atoms with Gasteiger partial charge in [-0.1, -0.05) is 12.1 Å². The zero-order valence-electron chi connectivity index (χ0n) is 15.4. The number of likely N-dealkylation sites (tertiary alicyclic amines) is 1. The van der Waals surface area contributed by atoms with Crippen LogP contribution in [-0.2, 0) is 6.54 Å². The molecule has 9 heteroatoms. The number of rotatable bonds is 6. The summed E-state index contributed by atoms with van der Waals surface area (Å²) in [7, 11) is 0. The highest BCUT2D eigenvalue weighted by Crippen LogP contribution is 2.51. The van der Waals surface area contributed by atoms with Crippen molar-refractivity contribution < 1.29 is 22.7 Å². The third kappa shape index (κ3) is 4.79. The summed E-state index contributed by atoms with van der Waals surface area (Å²) in [6.07, 6.45) is -4.79. The Morgan fingerprint density at radius 2 is 1.90 bits per heavy atom. The molecule has 2 aliphatic rings. The number of halogens is 3. The minimum Gasteiger partial charge on any atom is -0.406 e. The molecule has 2 fully saturated rings. The monoisotopic (exact) mass is 407 g/mol. The first-order chi connectivity index (χ1) is 13.8. The number of aromatic amines is 1. The fraction of sp³-hybridized carbons (Fsp3) is 0.400. The van der Waals surface area contributed by atoms with Crippen LogP contribution in [0.1, 0.15) is 16.1 Å². The second-order valence-corrected chi connectivity index (χ2v) is 7.51. The Hall–Kier alpha value is -2.81. The van der Waals surface area contributed by atoms with Crippen molar-refractivity contribution in [1.29, 1.82) is 0 Å². The van der Waals surface area contributed by atoms with Gasteiger partial charge in [-0.05, 0) is 42.0 Å². The van der Waals surface area contributed by atoms with Gasteiger partial charge in [0.2, 0.25) is 5.56 Å². The van der Waals surface area contributed by atoms with Gasteiger partial charge in [-0.25, -0.2) is 0 Å².